The predicted octanol–water partition coefficient (Wildman–Crippen LogP) is 2.00. The summed E-state index contributed by atoms with van der Waals surface area (Å²) in [6, 6.07) is 10.3. The highest BCUT2D eigenvalue weighted by atomic mass is 16.6. The summed E-state index contributed by atoms with van der Waals surface area (Å²) in [5, 5.41) is 13.4. The first-order chi connectivity index (χ1) is 10.6. The monoisotopic (exact) mass is 306 g/mol. The van der Waals surface area contributed by atoms with Crippen LogP contribution in [0.5, 0.6) is 0 Å². The minimum absolute atomic E-state index is 0.0754. The summed E-state index contributed by atoms with van der Waals surface area (Å²) in [4.78, 5) is 13.7. The molecule has 22 heavy (non-hydrogen) atoms. The minimum Gasteiger partial charge on any atom is -0.450 e. The number of piperidine rings is 1. The van der Waals surface area contributed by atoms with Crippen molar-refractivity contribution in [3.8, 4) is 0 Å². The van der Waals surface area contributed by atoms with Gasteiger partial charge >= 0.3 is 6.09 Å². The summed E-state index contributed by atoms with van der Waals surface area (Å²) in [5.41, 5.74) is 1.21. The van der Waals surface area contributed by atoms with Gasteiger partial charge < -0.3 is 20.1 Å². The zero-order valence-electron chi connectivity index (χ0n) is 13.4. The second-order valence-corrected chi connectivity index (χ2v) is 5.90. The summed E-state index contributed by atoms with van der Waals surface area (Å²) >= 11 is 0. The van der Waals surface area contributed by atoms with Crippen LogP contribution in [-0.4, -0.2) is 47.9 Å². The Morgan fingerprint density at radius 3 is 2.77 bits per heavy atom. The second kappa shape index (κ2) is 8.15. The van der Waals surface area contributed by atoms with Crippen LogP contribution in [0.1, 0.15) is 25.8 Å². The van der Waals surface area contributed by atoms with Crippen molar-refractivity contribution in [2.75, 3.05) is 19.7 Å². The van der Waals surface area contributed by atoms with Gasteiger partial charge in [0.15, 0.2) is 0 Å². The van der Waals surface area contributed by atoms with Crippen LogP contribution in [0.2, 0.25) is 0 Å². The number of amides is 1. The Kier molecular flexibility index (Phi) is 6.21. The van der Waals surface area contributed by atoms with E-state index in [1.165, 1.54) is 5.56 Å². The van der Waals surface area contributed by atoms with Gasteiger partial charge in [-0.2, -0.15) is 0 Å². The van der Waals surface area contributed by atoms with E-state index in [1.54, 1.807) is 18.7 Å². The lowest BCUT2D eigenvalue weighted by atomic mass is 9.90. The molecular weight excluding hydrogens is 280 g/mol. The van der Waals surface area contributed by atoms with E-state index in [-0.39, 0.29) is 18.1 Å². The number of ether oxygens (including phenoxy) is 1. The molecule has 0 saturated carbocycles. The summed E-state index contributed by atoms with van der Waals surface area (Å²) in [7, 11) is 0. The van der Waals surface area contributed by atoms with Gasteiger partial charge in [-0.05, 0) is 25.8 Å². The first kappa shape index (κ1) is 16.8. The zero-order valence-corrected chi connectivity index (χ0v) is 13.4. The van der Waals surface area contributed by atoms with E-state index in [0.29, 0.717) is 19.7 Å². The molecule has 5 nitrogen and oxygen atoms in total. The summed E-state index contributed by atoms with van der Waals surface area (Å²) in [5.74, 6) is 0.0754. The molecule has 1 aromatic rings. The molecule has 0 aromatic heterocycles. The van der Waals surface area contributed by atoms with Crippen molar-refractivity contribution in [2.45, 2.75) is 39.0 Å². The van der Waals surface area contributed by atoms with Crippen LogP contribution in [-0.2, 0) is 11.3 Å². The first-order valence-corrected chi connectivity index (χ1v) is 7.97. The van der Waals surface area contributed by atoms with Crippen LogP contribution < -0.4 is 5.32 Å². The number of aliphatic hydroxyl groups excluding tert-OH is 1. The Labute approximate surface area is 132 Å². The van der Waals surface area contributed by atoms with Gasteiger partial charge in [0.25, 0.3) is 0 Å². The van der Waals surface area contributed by atoms with Gasteiger partial charge in [-0.25, -0.2) is 4.79 Å². The van der Waals surface area contributed by atoms with Crippen molar-refractivity contribution in [2.24, 2.45) is 5.92 Å². The Bertz CT molecular complexity index is 464. The highest BCUT2D eigenvalue weighted by Crippen LogP contribution is 2.21. The number of likely N-dealkylation sites (tertiary alicyclic amines) is 1. The Morgan fingerprint density at radius 1 is 1.41 bits per heavy atom. The number of hydrogen-bond acceptors (Lipinski definition) is 4. The van der Waals surface area contributed by atoms with Crippen molar-refractivity contribution >= 4 is 6.09 Å². The van der Waals surface area contributed by atoms with Crippen molar-refractivity contribution < 1.29 is 14.6 Å². The maximum absolute atomic E-state index is 12.0. The van der Waals surface area contributed by atoms with Crippen LogP contribution in [0.25, 0.3) is 0 Å². The average Bonchev–Trinajstić information content (AvgIpc) is 2.54. The maximum Gasteiger partial charge on any atom is 0.409 e. The van der Waals surface area contributed by atoms with Crippen LogP contribution >= 0.6 is 0 Å². The minimum atomic E-state index is -0.432. The molecule has 1 aromatic carbocycles. The number of hydrogen-bond donors (Lipinski definition) is 2. The molecular formula is C17H26N2O3. The fourth-order valence-corrected chi connectivity index (χ4v) is 2.86. The number of rotatable bonds is 5. The van der Waals surface area contributed by atoms with E-state index < -0.39 is 6.10 Å². The molecule has 0 bridgehead atoms. The third-order valence-corrected chi connectivity index (χ3v) is 4.13. The molecule has 5 heteroatoms. The lowest BCUT2D eigenvalue weighted by molar-refractivity contribution is 0.0376. The lowest BCUT2D eigenvalue weighted by Gasteiger charge is -2.38. The Hall–Kier alpha value is -1.59. The van der Waals surface area contributed by atoms with E-state index in [4.69, 9.17) is 4.74 Å². The van der Waals surface area contributed by atoms with E-state index in [1.807, 2.05) is 18.2 Å². The molecule has 1 aliphatic rings. The quantitative estimate of drug-likeness (QED) is 0.873. The summed E-state index contributed by atoms with van der Waals surface area (Å²) in [6.45, 7) is 5.90. The SMILES string of the molecule is CCOC(=O)N1CC(NCc2ccccc2)CC(C(C)O)C1. The molecule has 2 N–H and O–H groups in total. The van der Waals surface area contributed by atoms with Gasteiger partial charge in [-0.3, -0.25) is 0 Å². The van der Waals surface area contributed by atoms with Gasteiger partial charge in [0.1, 0.15) is 0 Å². The van der Waals surface area contributed by atoms with Crippen LogP contribution in [0.4, 0.5) is 4.79 Å². The maximum atomic E-state index is 12.0. The molecule has 3 atom stereocenters. The molecule has 1 aliphatic heterocycles. The van der Waals surface area contributed by atoms with Crippen LogP contribution in [0.3, 0.4) is 0 Å². The number of carbonyl (C=O) groups is 1. The van der Waals surface area contributed by atoms with E-state index in [0.717, 1.165) is 13.0 Å². The number of carbonyl (C=O) groups excluding carboxylic acids is 1. The largest absolute Gasteiger partial charge is 0.450 e. The molecule has 0 radical (unpaired) electrons. The van der Waals surface area contributed by atoms with E-state index in [9.17, 15) is 9.90 Å². The Morgan fingerprint density at radius 2 is 2.14 bits per heavy atom. The van der Waals surface area contributed by atoms with Crippen molar-refractivity contribution in [1.82, 2.24) is 10.2 Å². The van der Waals surface area contributed by atoms with Gasteiger partial charge in [-0.15, -0.1) is 0 Å². The molecule has 1 fully saturated rings. The van der Waals surface area contributed by atoms with Crippen LogP contribution in [0.15, 0.2) is 30.3 Å². The molecule has 2 rings (SSSR count). The average molecular weight is 306 g/mol. The molecule has 1 heterocycles. The number of benzene rings is 1. The molecule has 1 amide bonds. The molecule has 0 spiro atoms. The van der Waals surface area contributed by atoms with Gasteiger partial charge in [-0.1, -0.05) is 30.3 Å². The smallest absolute Gasteiger partial charge is 0.409 e. The lowest BCUT2D eigenvalue weighted by Crippen LogP contribution is -2.53. The van der Waals surface area contributed by atoms with Crippen molar-refractivity contribution in [1.29, 1.82) is 0 Å². The van der Waals surface area contributed by atoms with Gasteiger partial charge in [0.05, 0.1) is 12.7 Å². The van der Waals surface area contributed by atoms with Gasteiger partial charge in [0.2, 0.25) is 0 Å². The molecule has 1 saturated heterocycles. The third-order valence-electron chi connectivity index (χ3n) is 4.13. The summed E-state index contributed by atoms with van der Waals surface area (Å²) in [6.07, 6.45) is 0.137. The number of aliphatic hydroxyl groups is 1. The number of nitrogens with zero attached hydrogens (tertiary/aromatic N) is 1. The highest BCUT2D eigenvalue weighted by molar-refractivity contribution is 5.67. The van der Waals surface area contributed by atoms with E-state index >= 15 is 0 Å². The third kappa shape index (κ3) is 4.71. The van der Waals surface area contributed by atoms with Crippen molar-refractivity contribution in [3.63, 3.8) is 0 Å². The molecule has 122 valence electrons. The first-order valence-electron chi connectivity index (χ1n) is 7.97. The standard InChI is InChI=1S/C17H26N2O3/c1-3-22-17(21)19-11-15(13(2)20)9-16(12-19)18-10-14-7-5-4-6-8-14/h4-8,13,15-16,18,20H,3,9-12H2,1-2H3. The predicted molar refractivity (Wildman–Crippen MR) is 85.5 cm³/mol. The normalized spacial score (nSPS) is 23.1. The molecule has 3 unspecified atom stereocenters. The fraction of sp³-hybridized carbons (Fsp3) is 0.588. The second-order valence-electron chi connectivity index (χ2n) is 5.90. The summed E-state index contributed by atoms with van der Waals surface area (Å²) < 4.78 is 5.10. The zero-order chi connectivity index (χ0) is 15.9. The van der Waals surface area contributed by atoms with Crippen molar-refractivity contribution in [3.05, 3.63) is 35.9 Å². The highest BCUT2D eigenvalue weighted by Gasteiger charge is 2.32. The topological polar surface area (TPSA) is 61.8 Å². The fourth-order valence-electron chi connectivity index (χ4n) is 2.86. The number of nitrogens with one attached hydrogen (secondary N) is 1. The Balaban J connectivity index is 1.95. The van der Waals surface area contributed by atoms with E-state index in [2.05, 4.69) is 17.4 Å². The van der Waals surface area contributed by atoms with Crippen LogP contribution in [0, 0.1) is 5.92 Å². The van der Waals surface area contributed by atoms with Gasteiger partial charge in [0, 0.05) is 31.6 Å². The molecule has 0 aliphatic carbocycles.